The summed E-state index contributed by atoms with van der Waals surface area (Å²) in [4.78, 5) is 0. The second kappa shape index (κ2) is 3.81. The van der Waals surface area contributed by atoms with Crippen LogP contribution in [0.2, 0.25) is 0 Å². The van der Waals surface area contributed by atoms with Gasteiger partial charge in [-0.25, -0.2) is 0 Å². The lowest BCUT2D eigenvalue weighted by atomic mass is 10.2. The molecule has 0 amide bonds. The van der Waals surface area contributed by atoms with Gasteiger partial charge in [-0.2, -0.15) is 0 Å². The van der Waals surface area contributed by atoms with Crippen molar-refractivity contribution in [1.82, 2.24) is 0 Å². The van der Waals surface area contributed by atoms with Crippen molar-refractivity contribution in [1.29, 1.82) is 0 Å². The van der Waals surface area contributed by atoms with Crippen molar-refractivity contribution in [3.8, 4) is 11.5 Å². The first-order valence-corrected chi connectivity index (χ1v) is 3.78. The van der Waals surface area contributed by atoms with Crippen LogP contribution in [0.4, 0.5) is 0 Å². The standard InChI is InChI=1S/C10H12O2/c1-3-5-8-6-4-7-9(12-2)10(8)11/h3-7,11H,1-2H3/b5-3+. The molecule has 2 heteroatoms. The molecule has 1 N–H and O–H groups in total. The fraction of sp³-hybridized carbons (Fsp3) is 0.200. The molecule has 1 aromatic carbocycles. The van der Waals surface area contributed by atoms with Crippen molar-refractivity contribution in [2.45, 2.75) is 6.92 Å². The molecule has 0 saturated heterocycles. The fourth-order valence-electron chi connectivity index (χ4n) is 1.02. The smallest absolute Gasteiger partial charge is 0.165 e. The number of aromatic hydroxyl groups is 1. The van der Waals surface area contributed by atoms with Crippen LogP contribution in [-0.2, 0) is 0 Å². The van der Waals surface area contributed by atoms with Gasteiger partial charge in [0.2, 0.25) is 0 Å². The average Bonchev–Trinajstić information content (AvgIpc) is 2.09. The number of benzene rings is 1. The van der Waals surface area contributed by atoms with E-state index in [1.807, 2.05) is 31.2 Å². The SMILES string of the molecule is C/C=C/c1cccc(OC)c1O. The molecule has 64 valence electrons. The molecule has 1 aromatic rings. The lowest BCUT2D eigenvalue weighted by molar-refractivity contribution is 0.373. The Kier molecular flexibility index (Phi) is 2.75. The Balaban J connectivity index is 3.13. The molecule has 0 unspecified atom stereocenters. The van der Waals surface area contributed by atoms with Crippen LogP contribution in [0.25, 0.3) is 6.08 Å². The third-order valence-corrected chi connectivity index (χ3v) is 1.60. The molecule has 0 aliphatic rings. The maximum atomic E-state index is 9.54. The van der Waals surface area contributed by atoms with Gasteiger partial charge in [-0.1, -0.05) is 24.3 Å². The lowest BCUT2D eigenvalue weighted by Gasteiger charge is -2.04. The molecule has 0 saturated carbocycles. The van der Waals surface area contributed by atoms with Gasteiger partial charge < -0.3 is 9.84 Å². The quantitative estimate of drug-likeness (QED) is 0.727. The third-order valence-electron chi connectivity index (χ3n) is 1.60. The van der Waals surface area contributed by atoms with Crippen LogP contribution >= 0.6 is 0 Å². The van der Waals surface area contributed by atoms with Crippen LogP contribution in [0.5, 0.6) is 11.5 Å². The second-order valence-electron chi connectivity index (χ2n) is 2.40. The molecular weight excluding hydrogens is 152 g/mol. The maximum Gasteiger partial charge on any atom is 0.165 e. The summed E-state index contributed by atoms with van der Waals surface area (Å²) in [6, 6.07) is 5.40. The highest BCUT2D eigenvalue weighted by Crippen LogP contribution is 2.29. The molecule has 2 nitrogen and oxygen atoms in total. The number of ether oxygens (including phenoxy) is 1. The van der Waals surface area contributed by atoms with Gasteiger partial charge in [-0.05, 0) is 13.0 Å². The first-order chi connectivity index (χ1) is 5.79. The van der Waals surface area contributed by atoms with E-state index in [0.717, 1.165) is 5.56 Å². The van der Waals surface area contributed by atoms with E-state index in [1.54, 1.807) is 6.07 Å². The highest BCUT2D eigenvalue weighted by atomic mass is 16.5. The minimum Gasteiger partial charge on any atom is -0.504 e. The molecule has 0 fully saturated rings. The molecule has 0 atom stereocenters. The Morgan fingerprint density at radius 3 is 2.75 bits per heavy atom. The van der Waals surface area contributed by atoms with Gasteiger partial charge in [0.1, 0.15) is 0 Å². The largest absolute Gasteiger partial charge is 0.504 e. The lowest BCUT2D eigenvalue weighted by Crippen LogP contribution is -1.84. The predicted octanol–water partition coefficient (Wildman–Crippen LogP) is 2.43. The Labute approximate surface area is 72.1 Å². The van der Waals surface area contributed by atoms with Crippen LogP contribution < -0.4 is 4.74 Å². The summed E-state index contributed by atoms with van der Waals surface area (Å²) in [7, 11) is 1.54. The molecule has 1 rings (SSSR count). The first kappa shape index (κ1) is 8.65. The zero-order chi connectivity index (χ0) is 8.97. The Bertz CT molecular complexity index is 290. The van der Waals surface area contributed by atoms with Gasteiger partial charge >= 0.3 is 0 Å². The molecule has 0 radical (unpaired) electrons. The normalized spacial score (nSPS) is 10.5. The van der Waals surface area contributed by atoms with Crippen molar-refractivity contribution in [2.75, 3.05) is 7.11 Å². The van der Waals surface area contributed by atoms with E-state index in [9.17, 15) is 5.11 Å². The molecule has 0 heterocycles. The Hall–Kier alpha value is -1.44. The second-order valence-corrected chi connectivity index (χ2v) is 2.40. The highest BCUT2D eigenvalue weighted by molar-refractivity contribution is 5.61. The van der Waals surface area contributed by atoms with Crippen molar-refractivity contribution in [3.63, 3.8) is 0 Å². The number of phenols is 1. The predicted molar refractivity (Wildman–Crippen MR) is 49.4 cm³/mol. The van der Waals surface area contributed by atoms with Crippen molar-refractivity contribution < 1.29 is 9.84 Å². The van der Waals surface area contributed by atoms with Gasteiger partial charge in [-0.15, -0.1) is 0 Å². The van der Waals surface area contributed by atoms with Crippen LogP contribution in [-0.4, -0.2) is 12.2 Å². The van der Waals surface area contributed by atoms with E-state index >= 15 is 0 Å². The van der Waals surface area contributed by atoms with E-state index in [4.69, 9.17) is 4.74 Å². The summed E-state index contributed by atoms with van der Waals surface area (Å²) in [5.74, 6) is 0.698. The molecule has 0 bridgehead atoms. The number of para-hydroxylation sites is 1. The van der Waals surface area contributed by atoms with Gasteiger partial charge in [0.05, 0.1) is 7.11 Å². The number of hydrogen-bond acceptors (Lipinski definition) is 2. The van der Waals surface area contributed by atoms with E-state index in [-0.39, 0.29) is 5.75 Å². The zero-order valence-corrected chi connectivity index (χ0v) is 7.24. The monoisotopic (exact) mass is 164 g/mol. The summed E-state index contributed by atoms with van der Waals surface area (Å²) >= 11 is 0. The Morgan fingerprint density at radius 1 is 1.42 bits per heavy atom. The summed E-state index contributed by atoms with van der Waals surface area (Å²) in [6.07, 6.45) is 3.70. The molecule has 0 aliphatic heterocycles. The number of methoxy groups -OCH3 is 1. The molecule has 12 heavy (non-hydrogen) atoms. The molecular formula is C10H12O2. The van der Waals surface area contributed by atoms with Crippen LogP contribution in [0, 0.1) is 0 Å². The van der Waals surface area contributed by atoms with Gasteiger partial charge in [0, 0.05) is 5.56 Å². The minimum absolute atomic E-state index is 0.193. The fourth-order valence-corrected chi connectivity index (χ4v) is 1.02. The molecule has 0 aromatic heterocycles. The van der Waals surface area contributed by atoms with Crippen molar-refractivity contribution >= 4 is 6.08 Å². The minimum atomic E-state index is 0.193. The van der Waals surface area contributed by atoms with E-state index in [2.05, 4.69) is 0 Å². The van der Waals surface area contributed by atoms with E-state index in [0.29, 0.717) is 5.75 Å². The highest BCUT2D eigenvalue weighted by Gasteiger charge is 2.02. The summed E-state index contributed by atoms with van der Waals surface area (Å²) in [6.45, 7) is 1.90. The van der Waals surface area contributed by atoms with Gasteiger partial charge in [0.15, 0.2) is 11.5 Å². The van der Waals surface area contributed by atoms with E-state index in [1.165, 1.54) is 7.11 Å². The summed E-state index contributed by atoms with van der Waals surface area (Å²) < 4.78 is 4.95. The van der Waals surface area contributed by atoms with Crippen LogP contribution in [0.1, 0.15) is 12.5 Å². The first-order valence-electron chi connectivity index (χ1n) is 3.78. The molecule has 0 spiro atoms. The van der Waals surface area contributed by atoms with Crippen LogP contribution in [0.3, 0.4) is 0 Å². The number of phenolic OH excluding ortho intramolecular Hbond substituents is 1. The topological polar surface area (TPSA) is 29.5 Å². The third kappa shape index (κ3) is 1.59. The zero-order valence-electron chi connectivity index (χ0n) is 7.24. The number of allylic oxidation sites excluding steroid dienone is 1. The average molecular weight is 164 g/mol. The summed E-state index contributed by atoms with van der Waals surface area (Å²) in [5.41, 5.74) is 0.775. The van der Waals surface area contributed by atoms with Crippen molar-refractivity contribution in [3.05, 3.63) is 29.8 Å². The Morgan fingerprint density at radius 2 is 2.17 bits per heavy atom. The van der Waals surface area contributed by atoms with E-state index < -0.39 is 0 Å². The van der Waals surface area contributed by atoms with Gasteiger partial charge in [-0.3, -0.25) is 0 Å². The summed E-state index contributed by atoms with van der Waals surface area (Å²) in [5, 5.41) is 9.54. The van der Waals surface area contributed by atoms with Crippen LogP contribution in [0.15, 0.2) is 24.3 Å². The molecule has 0 aliphatic carbocycles. The number of rotatable bonds is 2. The maximum absolute atomic E-state index is 9.54. The van der Waals surface area contributed by atoms with Crippen molar-refractivity contribution in [2.24, 2.45) is 0 Å². The van der Waals surface area contributed by atoms with Gasteiger partial charge in [0.25, 0.3) is 0 Å². The number of hydrogen-bond donors (Lipinski definition) is 1.